The van der Waals surface area contributed by atoms with Gasteiger partial charge in [-0.1, -0.05) is 23.4 Å². The van der Waals surface area contributed by atoms with E-state index >= 15 is 0 Å². The van der Waals surface area contributed by atoms with Crippen LogP contribution in [0.2, 0.25) is 0 Å². The summed E-state index contributed by atoms with van der Waals surface area (Å²) < 4.78 is 50.5. The highest BCUT2D eigenvalue weighted by Crippen LogP contribution is 2.33. The molecule has 0 bridgehead atoms. The van der Waals surface area contributed by atoms with E-state index in [0.717, 1.165) is 23.1 Å². The maximum Gasteiger partial charge on any atom is 0.490 e. The fourth-order valence-electron chi connectivity index (χ4n) is 3.28. The number of aliphatic carboxylic acids is 1. The fraction of sp³-hybridized carbons (Fsp3) is 0.280. The number of likely N-dealkylation sites (N-methyl/N-ethyl adjacent to an activating group) is 2. The molecule has 0 fully saturated rings. The van der Waals surface area contributed by atoms with Crippen molar-refractivity contribution in [1.82, 2.24) is 19.9 Å². The molecule has 0 atom stereocenters. The van der Waals surface area contributed by atoms with Gasteiger partial charge >= 0.3 is 12.1 Å². The van der Waals surface area contributed by atoms with Gasteiger partial charge in [0.25, 0.3) is 5.91 Å². The lowest BCUT2D eigenvalue weighted by atomic mass is 10.0. The molecule has 0 radical (unpaired) electrons. The monoisotopic (exact) mass is 552 g/mol. The van der Waals surface area contributed by atoms with E-state index in [4.69, 9.17) is 14.4 Å². The van der Waals surface area contributed by atoms with Crippen molar-refractivity contribution in [2.75, 3.05) is 33.7 Å². The van der Waals surface area contributed by atoms with E-state index in [1.807, 2.05) is 44.1 Å². The summed E-state index contributed by atoms with van der Waals surface area (Å²) in [5.74, 6) is -3.06. The highest BCUT2D eigenvalue weighted by molar-refractivity contribution is 7.17. The first-order chi connectivity index (χ1) is 17.9. The van der Waals surface area contributed by atoms with E-state index < -0.39 is 12.1 Å². The van der Waals surface area contributed by atoms with E-state index in [2.05, 4.69) is 15.0 Å². The standard InChI is InChI=1S/C23H23FN4O2S.C2HF3O2/c1-4-28(12-11-27(2)3)23(29)20-14-25-22(31-20)21-18-10-7-16(13-19(18)30-26-21)15-5-8-17(24)9-6-15;3-2(4,5)1(6)7/h5-10,13-14H,4,11-12H2,1-3H3;(H,6,7). The van der Waals surface area contributed by atoms with Crippen LogP contribution in [0, 0.1) is 5.82 Å². The molecule has 0 aliphatic rings. The average Bonchev–Trinajstić information content (AvgIpc) is 3.51. The van der Waals surface area contributed by atoms with Crippen LogP contribution in [0.5, 0.6) is 0 Å². The molecule has 1 N–H and O–H groups in total. The molecule has 0 saturated heterocycles. The number of amides is 1. The quantitative estimate of drug-likeness (QED) is 0.306. The number of carbonyl (C=O) groups excluding carboxylic acids is 1. The summed E-state index contributed by atoms with van der Waals surface area (Å²) in [4.78, 5) is 30.6. The number of carbonyl (C=O) groups is 2. The second-order valence-corrected chi connectivity index (χ2v) is 9.30. The third kappa shape index (κ3) is 7.13. The lowest BCUT2D eigenvalue weighted by Crippen LogP contribution is -2.36. The number of benzene rings is 2. The smallest absolute Gasteiger partial charge is 0.475 e. The van der Waals surface area contributed by atoms with Crippen molar-refractivity contribution < 1.29 is 36.8 Å². The average molecular weight is 553 g/mol. The maximum atomic E-state index is 13.2. The minimum Gasteiger partial charge on any atom is -0.475 e. The molecule has 0 aliphatic heterocycles. The Hall–Kier alpha value is -3.84. The molecule has 2 heterocycles. The van der Waals surface area contributed by atoms with Gasteiger partial charge in [0.1, 0.15) is 21.4 Å². The largest absolute Gasteiger partial charge is 0.490 e. The van der Waals surface area contributed by atoms with Crippen LogP contribution in [0.3, 0.4) is 0 Å². The molecule has 0 spiro atoms. The predicted octanol–water partition coefficient (Wildman–Crippen LogP) is 5.41. The summed E-state index contributed by atoms with van der Waals surface area (Å²) in [7, 11) is 3.97. The molecule has 0 aliphatic carbocycles. The third-order valence-corrected chi connectivity index (χ3v) is 6.29. The number of aromatic nitrogens is 2. The Morgan fingerprint density at radius 3 is 2.26 bits per heavy atom. The molecule has 0 saturated carbocycles. The third-order valence-electron chi connectivity index (χ3n) is 5.30. The van der Waals surface area contributed by atoms with Gasteiger partial charge in [-0.2, -0.15) is 13.2 Å². The molecule has 4 rings (SSSR count). The van der Waals surface area contributed by atoms with E-state index in [1.165, 1.54) is 23.5 Å². The summed E-state index contributed by atoms with van der Waals surface area (Å²) in [5.41, 5.74) is 3.02. The van der Waals surface area contributed by atoms with Gasteiger partial charge in [0, 0.05) is 19.6 Å². The van der Waals surface area contributed by atoms with Crippen molar-refractivity contribution >= 4 is 34.2 Å². The molecule has 0 unspecified atom stereocenters. The van der Waals surface area contributed by atoms with E-state index in [1.54, 1.807) is 18.3 Å². The number of rotatable bonds is 7. The van der Waals surface area contributed by atoms with Gasteiger partial charge in [0.15, 0.2) is 5.58 Å². The molecular formula is C25H24F4N4O4S. The van der Waals surface area contributed by atoms with Crippen molar-refractivity contribution in [2.24, 2.45) is 0 Å². The molecule has 2 aromatic heterocycles. The SMILES string of the molecule is CCN(CCN(C)C)C(=O)c1cnc(-c2noc3cc(-c4ccc(F)cc4)ccc23)s1.O=C(O)C(F)(F)F. The molecule has 8 nitrogen and oxygen atoms in total. The number of nitrogens with zero attached hydrogens (tertiary/aromatic N) is 4. The van der Waals surface area contributed by atoms with Gasteiger partial charge in [-0.25, -0.2) is 14.2 Å². The van der Waals surface area contributed by atoms with Crippen molar-refractivity contribution in [3.05, 3.63) is 59.4 Å². The Labute approximate surface area is 219 Å². The molecule has 38 heavy (non-hydrogen) atoms. The first-order valence-electron chi connectivity index (χ1n) is 11.3. The van der Waals surface area contributed by atoms with Crippen molar-refractivity contribution in [3.8, 4) is 21.8 Å². The molecule has 13 heteroatoms. The van der Waals surface area contributed by atoms with Crippen LogP contribution >= 0.6 is 11.3 Å². The normalized spacial score (nSPS) is 11.4. The number of carboxylic acids is 1. The topological polar surface area (TPSA) is 99.8 Å². The van der Waals surface area contributed by atoms with Crippen LogP contribution in [0.15, 0.2) is 53.2 Å². The van der Waals surface area contributed by atoms with E-state index in [0.29, 0.717) is 34.3 Å². The van der Waals surface area contributed by atoms with Gasteiger partial charge < -0.3 is 19.4 Å². The highest BCUT2D eigenvalue weighted by atomic mass is 32.1. The van der Waals surface area contributed by atoms with Gasteiger partial charge in [-0.3, -0.25) is 4.79 Å². The van der Waals surface area contributed by atoms with Gasteiger partial charge in [0.05, 0.1) is 11.6 Å². The van der Waals surface area contributed by atoms with E-state index in [9.17, 15) is 22.4 Å². The summed E-state index contributed by atoms with van der Waals surface area (Å²) >= 11 is 1.31. The number of alkyl halides is 3. The molecule has 4 aromatic rings. The zero-order valence-corrected chi connectivity index (χ0v) is 21.4. The summed E-state index contributed by atoms with van der Waals surface area (Å²) in [5, 5.41) is 12.8. The number of hydrogen-bond donors (Lipinski definition) is 1. The first kappa shape index (κ1) is 28.7. The second-order valence-electron chi connectivity index (χ2n) is 8.27. The van der Waals surface area contributed by atoms with Crippen LogP contribution in [0.1, 0.15) is 16.6 Å². The molecule has 202 valence electrons. The zero-order chi connectivity index (χ0) is 28.0. The fourth-order valence-corrected chi connectivity index (χ4v) is 4.16. The Bertz CT molecular complexity index is 1400. The first-order valence-corrected chi connectivity index (χ1v) is 12.1. The second kappa shape index (κ2) is 12.1. The summed E-state index contributed by atoms with van der Waals surface area (Å²) in [6, 6.07) is 12.0. The van der Waals surface area contributed by atoms with Crippen molar-refractivity contribution in [3.63, 3.8) is 0 Å². The Balaban J connectivity index is 0.000000505. The van der Waals surface area contributed by atoms with Gasteiger partial charge in [0.2, 0.25) is 0 Å². The number of fused-ring (bicyclic) bond motifs is 1. The highest BCUT2D eigenvalue weighted by Gasteiger charge is 2.38. The van der Waals surface area contributed by atoms with Crippen LogP contribution < -0.4 is 0 Å². The Morgan fingerprint density at radius 1 is 1.05 bits per heavy atom. The van der Waals surface area contributed by atoms with Crippen molar-refractivity contribution in [2.45, 2.75) is 13.1 Å². The van der Waals surface area contributed by atoms with Crippen LogP contribution in [-0.4, -0.2) is 76.8 Å². The zero-order valence-electron chi connectivity index (χ0n) is 20.6. The summed E-state index contributed by atoms with van der Waals surface area (Å²) in [6.45, 7) is 4.07. The minimum absolute atomic E-state index is 0.0282. The molecule has 2 aromatic carbocycles. The number of hydrogen-bond acceptors (Lipinski definition) is 7. The lowest BCUT2D eigenvalue weighted by Gasteiger charge is -2.21. The van der Waals surface area contributed by atoms with Crippen LogP contribution in [-0.2, 0) is 4.79 Å². The Kier molecular flexibility index (Phi) is 9.17. The van der Waals surface area contributed by atoms with Crippen LogP contribution in [0.25, 0.3) is 32.8 Å². The maximum absolute atomic E-state index is 13.2. The van der Waals surface area contributed by atoms with Gasteiger partial charge in [-0.15, -0.1) is 11.3 Å². The minimum atomic E-state index is -5.08. The number of halogens is 4. The summed E-state index contributed by atoms with van der Waals surface area (Å²) in [6.07, 6.45) is -3.48. The predicted molar refractivity (Wildman–Crippen MR) is 134 cm³/mol. The Morgan fingerprint density at radius 2 is 1.68 bits per heavy atom. The lowest BCUT2D eigenvalue weighted by molar-refractivity contribution is -0.192. The molecule has 1 amide bonds. The van der Waals surface area contributed by atoms with E-state index in [-0.39, 0.29) is 11.7 Å². The van der Waals surface area contributed by atoms with Gasteiger partial charge in [-0.05, 0) is 56.4 Å². The van der Waals surface area contributed by atoms with Crippen LogP contribution in [0.4, 0.5) is 17.6 Å². The molecular weight excluding hydrogens is 528 g/mol. The number of thiazole rings is 1. The van der Waals surface area contributed by atoms with Crippen molar-refractivity contribution in [1.29, 1.82) is 0 Å². The number of carboxylic acid groups (broad SMARTS) is 1.